The van der Waals surface area contributed by atoms with Crippen molar-refractivity contribution in [3.8, 4) is 5.75 Å². The molecule has 0 saturated carbocycles. The molecule has 1 atom stereocenters. The molecular formula is C26H34N4O2S. The van der Waals surface area contributed by atoms with Gasteiger partial charge in [-0.05, 0) is 61.9 Å². The van der Waals surface area contributed by atoms with Crippen LogP contribution in [-0.4, -0.2) is 65.2 Å². The van der Waals surface area contributed by atoms with Gasteiger partial charge in [-0.25, -0.2) is 4.98 Å². The maximum absolute atomic E-state index is 13.4. The van der Waals surface area contributed by atoms with E-state index < -0.39 is 0 Å². The van der Waals surface area contributed by atoms with Gasteiger partial charge in [0.2, 0.25) is 0 Å². The molecule has 1 aliphatic carbocycles. The SMILES string of the molecule is CCCN1CCN([C@@H]2CCc3c(sc4ncn(CCc5cccc(OC)c5)c(=O)c34)C2)CC1. The van der Waals surface area contributed by atoms with Crippen LogP contribution in [0.25, 0.3) is 10.2 Å². The second kappa shape index (κ2) is 9.95. The van der Waals surface area contributed by atoms with Gasteiger partial charge in [-0.15, -0.1) is 11.3 Å². The average molecular weight is 467 g/mol. The third kappa shape index (κ3) is 4.72. The first-order valence-corrected chi connectivity index (χ1v) is 13.1. The number of fused-ring (bicyclic) bond motifs is 3. The Kier molecular flexibility index (Phi) is 6.81. The molecule has 1 saturated heterocycles. The predicted octanol–water partition coefficient (Wildman–Crippen LogP) is 3.59. The number of ether oxygens (including phenoxy) is 1. The highest BCUT2D eigenvalue weighted by Gasteiger charge is 2.30. The standard InChI is InChI=1S/C26H34N4O2S/c1-3-10-28-12-14-29(15-13-28)20-7-8-22-23(17-20)33-25-24(22)26(31)30(18-27-25)11-9-19-5-4-6-21(16-19)32-2/h4-6,16,18,20H,3,7-15,17H2,1-2H3/t20-/m1/s1. The summed E-state index contributed by atoms with van der Waals surface area (Å²) in [5.74, 6) is 0.849. The van der Waals surface area contributed by atoms with Crippen LogP contribution in [0.4, 0.5) is 0 Å². The van der Waals surface area contributed by atoms with E-state index in [1.54, 1.807) is 29.3 Å². The minimum absolute atomic E-state index is 0.118. The Labute approximate surface area is 199 Å². The Morgan fingerprint density at radius 1 is 1.18 bits per heavy atom. The zero-order valence-corrected chi connectivity index (χ0v) is 20.6. The van der Waals surface area contributed by atoms with Crippen molar-refractivity contribution in [2.75, 3.05) is 39.8 Å². The summed E-state index contributed by atoms with van der Waals surface area (Å²) < 4.78 is 7.11. The summed E-state index contributed by atoms with van der Waals surface area (Å²) in [6, 6.07) is 8.65. The third-order valence-electron chi connectivity index (χ3n) is 7.25. The summed E-state index contributed by atoms with van der Waals surface area (Å²) in [6.07, 6.45) is 6.95. The number of aryl methyl sites for hydroxylation is 3. The van der Waals surface area contributed by atoms with E-state index in [2.05, 4.69) is 22.8 Å². The Morgan fingerprint density at radius 3 is 2.82 bits per heavy atom. The van der Waals surface area contributed by atoms with Crippen LogP contribution in [0.3, 0.4) is 0 Å². The summed E-state index contributed by atoms with van der Waals surface area (Å²) in [5.41, 5.74) is 2.55. The Morgan fingerprint density at radius 2 is 2.03 bits per heavy atom. The molecule has 0 amide bonds. The number of nitrogens with zero attached hydrogens (tertiary/aromatic N) is 4. The second-order valence-corrected chi connectivity index (χ2v) is 10.4. The molecule has 6 nitrogen and oxygen atoms in total. The second-order valence-electron chi connectivity index (χ2n) is 9.30. The first-order chi connectivity index (χ1) is 16.2. The van der Waals surface area contributed by atoms with E-state index in [1.165, 1.54) is 49.6 Å². The lowest BCUT2D eigenvalue weighted by atomic mass is 9.91. The van der Waals surface area contributed by atoms with Crippen molar-refractivity contribution in [2.24, 2.45) is 0 Å². The van der Waals surface area contributed by atoms with E-state index in [-0.39, 0.29) is 5.56 Å². The molecule has 2 aliphatic rings. The van der Waals surface area contributed by atoms with Crippen LogP contribution < -0.4 is 10.3 Å². The quantitative estimate of drug-likeness (QED) is 0.533. The van der Waals surface area contributed by atoms with Gasteiger partial charge in [0, 0.05) is 43.6 Å². The van der Waals surface area contributed by atoms with Gasteiger partial charge in [0.15, 0.2) is 0 Å². The van der Waals surface area contributed by atoms with Crippen LogP contribution in [-0.2, 0) is 25.8 Å². The molecule has 0 N–H and O–H groups in total. The monoisotopic (exact) mass is 466 g/mol. The molecule has 33 heavy (non-hydrogen) atoms. The van der Waals surface area contributed by atoms with Gasteiger partial charge in [0.05, 0.1) is 18.8 Å². The Hall–Kier alpha value is -2.22. The van der Waals surface area contributed by atoms with Crippen LogP contribution in [0.15, 0.2) is 35.4 Å². The lowest BCUT2D eigenvalue weighted by Gasteiger charge is -2.40. The van der Waals surface area contributed by atoms with Gasteiger partial charge in [-0.1, -0.05) is 19.1 Å². The number of rotatable bonds is 7. The molecule has 3 aromatic rings. The van der Waals surface area contributed by atoms with Crippen molar-refractivity contribution >= 4 is 21.6 Å². The predicted molar refractivity (Wildman–Crippen MR) is 135 cm³/mol. The fraction of sp³-hybridized carbons (Fsp3) is 0.538. The fourth-order valence-corrected chi connectivity index (χ4v) is 6.65. The maximum Gasteiger partial charge on any atom is 0.262 e. The smallest absolute Gasteiger partial charge is 0.262 e. The number of thiophene rings is 1. The van der Waals surface area contributed by atoms with E-state index in [1.807, 2.05) is 18.2 Å². The molecule has 2 aromatic heterocycles. The number of piperazine rings is 1. The summed E-state index contributed by atoms with van der Waals surface area (Å²) in [5, 5.41) is 0.870. The number of methoxy groups -OCH3 is 1. The molecule has 1 fully saturated rings. The summed E-state index contributed by atoms with van der Waals surface area (Å²) in [7, 11) is 1.68. The first-order valence-electron chi connectivity index (χ1n) is 12.2. The highest BCUT2D eigenvalue weighted by molar-refractivity contribution is 7.18. The molecular weight excluding hydrogens is 432 g/mol. The fourth-order valence-electron chi connectivity index (χ4n) is 5.40. The molecule has 0 radical (unpaired) electrons. The van der Waals surface area contributed by atoms with Gasteiger partial charge in [0.25, 0.3) is 5.56 Å². The number of benzene rings is 1. The topological polar surface area (TPSA) is 50.6 Å². The van der Waals surface area contributed by atoms with Crippen LogP contribution >= 0.6 is 11.3 Å². The minimum atomic E-state index is 0.118. The zero-order chi connectivity index (χ0) is 22.8. The van der Waals surface area contributed by atoms with Crippen LogP contribution in [0.2, 0.25) is 0 Å². The molecule has 3 heterocycles. The van der Waals surface area contributed by atoms with Crippen LogP contribution in [0, 0.1) is 0 Å². The molecule has 176 valence electrons. The highest BCUT2D eigenvalue weighted by atomic mass is 32.1. The lowest BCUT2D eigenvalue weighted by Crippen LogP contribution is -2.51. The average Bonchev–Trinajstić information content (AvgIpc) is 3.23. The van der Waals surface area contributed by atoms with Crippen molar-refractivity contribution in [3.63, 3.8) is 0 Å². The highest BCUT2D eigenvalue weighted by Crippen LogP contribution is 2.35. The van der Waals surface area contributed by atoms with Crippen molar-refractivity contribution in [2.45, 2.75) is 51.6 Å². The van der Waals surface area contributed by atoms with Gasteiger partial charge < -0.3 is 9.64 Å². The molecule has 0 unspecified atom stereocenters. The lowest BCUT2D eigenvalue weighted by molar-refractivity contribution is 0.0902. The molecule has 7 heteroatoms. The summed E-state index contributed by atoms with van der Waals surface area (Å²) in [4.78, 5) is 25.6. The van der Waals surface area contributed by atoms with Gasteiger partial charge >= 0.3 is 0 Å². The van der Waals surface area contributed by atoms with Crippen molar-refractivity contribution in [3.05, 3.63) is 57.0 Å². The Bertz CT molecular complexity index is 1160. The van der Waals surface area contributed by atoms with Crippen molar-refractivity contribution in [1.29, 1.82) is 0 Å². The van der Waals surface area contributed by atoms with Gasteiger partial charge in [0.1, 0.15) is 10.6 Å². The summed E-state index contributed by atoms with van der Waals surface area (Å²) in [6.45, 7) is 8.81. The number of hydrogen-bond acceptors (Lipinski definition) is 6. The molecule has 0 bridgehead atoms. The number of hydrogen-bond donors (Lipinski definition) is 0. The van der Waals surface area contributed by atoms with E-state index in [0.717, 1.165) is 47.2 Å². The Balaban J connectivity index is 1.30. The normalized spacial score (nSPS) is 19.6. The van der Waals surface area contributed by atoms with Gasteiger partial charge in [-0.3, -0.25) is 14.3 Å². The molecule has 0 spiro atoms. The number of aromatic nitrogens is 2. The van der Waals surface area contributed by atoms with Crippen LogP contribution in [0.1, 0.15) is 35.8 Å². The van der Waals surface area contributed by atoms with E-state index in [9.17, 15) is 4.79 Å². The van der Waals surface area contributed by atoms with Crippen molar-refractivity contribution < 1.29 is 4.74 Å². The first kappa shape index (κ1) is 22.6. The zero-order valence-electron chi connectivity index (χ0n) is 19.8. The molecule has 5 rings (SSSR count). The van der Waals surface area contributed by atoms with Crippen molar-refractivity contribution in [1.82, 2.24) is 19.4 Å². The molecule has 1 aromatic carbocycles. The van der Waals surface area contributed by atoms with E-state index in [0.29, 0.717) is 12.6 Å². The third-order valence-corrected chi connectivity index (χ3v) is 8.41. The van der Waals surface area contributed by atoms with E-state index in [4.69, 9.17) is 9.72 Å². The minimum Gasteiger partial charge on any atom is -0.497 e. The molecule has 1 aliphatic heterocycles. The van der Waals surface area contributed by atoms with Gasteiger partial charge in [-0.2, -0.15) is 0 Å². The maximum atomic E-state index is 13.4. The summed E-state index contributed by atoms with van der Waals surface area (Å²) >= 11 is 1.74. The largest absolute Gasteiger partial charge is 0.497 e. The van der Waals surface area contributed by atoms with E-state index >= 15 is 0 Å². The van der Waals surface area contributed by atoms with Crippen LogP contribution in [0.5, 0.6) is 5.75 Å².